The van der Waals surface area contributed by atoms with Gasteiger partial charge in [-0.05, 0) is 37.7 Å². The normalized spacial score (nSPS) is 15.2. The van der Waals surface area contributed by atoms with Gasteiger partial charge < -0.3 is 31.9 Å². The Balaban J connectivity index is 4.87. The van der Waals surface area contributed by atoms with Gasteiger partial charge in [-0.2, -0.15) is 11.8 Å². The molecule has 7 N–H and O–H groups in total. The van der Waals surface area contributed by atoms with Crippen molar-refractivity contribution >= 4 is 35.5 Å². The van der Waals surface area contributed by atoms with E-state index in [2.05, 4.69) is 16.0 Å². The van der Waals surface area contributed by atoms with Crippen molar-refractivity contribution in [1.82, 2.24) is 16.0 Å². The lowest BCUT2D eigenvalue weighted by molar-refractivity contribution is -0.142. The molecule has 162 valence electrons. The maximum atomic E-state index is 12.5. The van der Waals surface area contributed by atoms with Crippen LogP contribution in [0.4, 0.5) is 0 Å². The van der Waals surface area contributed by atoms with Gasteiger partial charge in [0.2, 0.25) is 17.7 Å². The van der Waals surface area contributed by atoms with Crippen molar-refractivity contribution in [2.75, 3.05) is 18.6 Å². The molecule has 0 aromatic carbocycles. The second kappa shape index (κ2) is 13.3. The molecule has 0 fully saturated rings. The zero-order valence-electron chi connectivity index (χ0n) is 16.7. The summed E-state index contributed by atoms with van der Waals surface area (Å²) in [6.07, 6.45) is 1.33. The minimum Gasteiger partial charge on any atom is -0.480 e. The summed E-state index contributed by atoms with van der Waals surface area (Å²) in [5.74, 6) is -2.42. The molecular formula is C17H32N4O6S. The zero-order valence-corrected chi connectivity index (χ0v) is 17.5. The second-order valence-electron chi connectivity index (χ2n) is 6.91. The minimum absolute atomic E-state index is 0.0639. The minimum atomic E-state index is -1.17. The van der Waals surface area contributed by atoms with Crippen LogP contribution in [0.5, 0.6) is 0 Å². The van der Waals surface area contributed by atoms with Gasteiger partial charge >= 0.3 is 5.97 Å². The van der Waals surface area contributed by atoms with Crippen LogP contribution in [-0.2, 0) is 19.2 Å². The molecule has 0 rings (SSSR count). The third-order valence-electron chi connectivity index (χ3n) is 3.83. The van der Waals surface area contributed by atoms with Crippen LogP contribution in [0.1, 0.15) is 33.6 Å². The first-order chi connectivity index (χ1) is 13.0. The number of aliphatic hydroxyl groups excluding tert-OH is 1. The predicted molar refractivity (Wildman–Crippen MR) is 107 cm³/mol. The summed E-state index contributed by atoms with van der Waals surface area (Å²) in [5, 5.41) is 25.8. The standard InChI is InChI=1S/C17H32N4O6S/c1-9(2)7-12(17(26)27)21-15(24)11(5-6-28-4)20-13(23)8-19-16(25)14(18)10(3)22/h9-12,14,22H,5-8,18H2,1-4H3,(H,19,25)(H,20,23)(H,21,24)(H,26,27). The van der Waals surface area contributed by atoms with Crippen LogP contribution in [0, 0.1) is 5.92 Å². The lowest BCUT2D eigenvalue weighted by atomic mass is 10.0. The van der Waals surface area contributed by atoms with Crippen molar-refractivity contribution in [2.45, 2.75) is 57.8 Å². The number of amides is 3. The molecule has 0 bridgehead atoms. The van der Waals surface area contributed by atoms with Crippen molar-refractivity contribution in [2.24, 2.45) is 11.7 Å². The fourth-order valence-electron chi connectivity index (χ4n) is 2.22. The van der Waals surface area contributed by atoms with E-state index in [9.17, 15) is 29.4 Å². The number of aliphatic hydroxyl groups is 1. The molecule has 4 atom stereocenters. The lowest BCUT2D eigenvalue weighted by Crippen LogP contribution is -2.54. The summed E-state index contributed by atoms with van der Waals surface area (Å²) < 4.78 is 0. The van der Waals surface area contributed by atoms with E-state index in [1.54, 1.807) is 0 Å². The Labute approximate surface area is 169 Å². The number of hydrogen-bond donors (Lipinski definition) is 6. The second-order valence-corrected chi connectivity index (χ2v) is 7.90. The number of carbonyl (C=O) groups is 4. The van der Waals surface area contributed by atoms with E-state index >= 15 is 0 Å². The highest BCUT2D eigenvalue weighted by atomic mass is 32.2. The van der Waals surface area contributed by atoms with Gasteiger partial charge in [-0.15, -0.1) is 0 Å². The molecule has 0 aliphatic carbocycles. The highest BCUT2D eigenvalue weighted by Gasteiger charge is 2.27. The van der Waals surface area contributed by atoms with Crippen molar-refractivity contribution in [3.8, 4) is 0 Å². The molecule has 0 aliphatic rings. The largest absolute Gasteiger partial charge is 0.480 e. The average Bonchev–Trinajstić information content (AvgIpc) is 2.60. The fourth-order valence-corrected chi connectivity index (χ4v) is 2.69. The Morgan fingerprint density at radius 3 is 2.11 bits per heavy atom. The Kier molecular flexibility index (Phi) is 12.5. The molecule has 0 aromatic rings. The number of nitrogens with one attached hydrogen (secondary N) is 3. The molecular weight excluding hydrogens is 388 g/mol. The van der Waals surface area contributed by atoms with Gasteiger partial charge in [0.25, 0.3) is 0 Å². The number of aliphatic carboxylic acids is 1. The Morgan fingerprint density at radius 2 is 1.64 bits per heavy atom. The van der Waals surface area contributed by atoms with Gasteiger partial charge in [-0.3, -0.25) is 14.4 Å². The van der Waals surface area contributed by atoms with Crippen LogP contribution in [0.3, 0.4) is 0 Å². The number of carboxylic acid groups (broad SMARTS) is 1. The molecule has 10 nitrogen and oxygen atoms in total. The molecule has 4 unspecified atom stereocenters. The SMILES string of the molecule is CSCCC(NC(=O)CNC(=O)C(N)C(C)O)C(=O)NC(CC(C)C)C(=O)O. The summed E-state index contributed by atoms with van der Waals surface area (Å²) in [6.45, 7) is 4.62. The maximum absolute atomic E-state index is 12.5. The van der Waals surface area contributed by atoms with E-state index < -0.39 is 54.5 Å². The van der Waals surface area contributed by atoms with Crippen LogP contribution >= 0.6 is 11.8 Å². The van der Waals surface area contributed by atoms with Gasteiger partial charge in [-0.25, -0.2) is 4.79 Å². The van der Waals surface area contributed by atoms with E-state index in [4.69, 9.17) is 5.73 Å². The van der Waals surface area contributed by atoms with E-state index in [-0.39, 0.29) is 12.3 Å². The van der Waals surface area contributed by atoms with E-state index in [0.29, 0.717) is 12.2 Å². The third kappa shape index (κ3) is 10.5. The first-order valence-electron chi connectivity index (χ1n) is 9.02. The summed E-state index contributed by atoms with van der Waals surface area (Å²) in [7, 11) is 0. The number of hydrogen-bond acceptors (Lipinski definition) is 7. The number of thioether (sulfide) groups is 1. The highest BCUT2D eigenvalue weighted by molar-refractivity contribution is 7.98. The molecule has 28 heavy (non-hydrogen) atoms. The van der Waals surface area contributed by atoms with Crippen LogP contribution < -0.4 is 21.7 Å². The number of rotatable bonds is 13. The molecule has 11 heteroatoms. The molecule has 0 saturated carbocycles. The van der Waals surface area contributed by atoms with Crippen molar-refractivity contribution in [3.63, 3.8) is 0 Å². The van der Waals surface area contributed by atoms with Crippen molar-refractivity contribution in [3.05, 3.63) is 0 Å². The Bertz CT molecular complexity index is 544. The average molecular weight is 421 g/mol. The molecule has 0 heterocycles. The van der Waals surface area contributed by atoms with Crippen molar-refractivity contribution < 1.29 is 29.4 Å². The Morgan fingerprint density at radius 1 is 1.04 bits per heavy atom. The quantitative estimate of drug-likeness (QED) is 0.213. The molecule has 3 amide bonds. The first kappa shape index (κ1) is 26.1. The van der Waals surface area contributed by atoms with Gasteiger partial charge in [0.15, 0.2) is 0 Å². The summed E-state index contributed by atoms with van der Waals surface area (Å²) in [6, 6.07) is -3.16. The molecule has 0 radical (unpaired) electrons. The summed E-state index contributed by atoms with van der Waals surface area (Å²) >= 11 is 1.47. The van der Waals surface area contributed by atoms with E-state index in [0.717, 1.165) is 0 Å². The number of carbonyl (C=O) groups excluding carboxylic acids is 3. The highest BCUT2D eigenvalue weighted by Crippen LogP contribution is 2.07. The molecule has 0 saturated heterocycles. The third-order valence-corrected chi connectivity index (χ3v) is 4.47. The fraction of sp³-hybridized carbons (Fsp3) is 0.765. The van der Waals surface area contributed by atoms with E-state index in [1.807, 2.05) is 20.1 Å². The van der Waals surface area contributed by atoms with Crippen LogP contribution in [-0.4, -0.2) is 76.7 Å². The van der Waals surface area contributed by atoms with Crippen LogP contribution in [0.25, 0.3) is 0 Å². The van der Waals surface area contributed by atoms with E-state index in [1.165, 1.54) is 18.7 Å². The Hall–Kier alpha value is -1.85. The molecule has 0 aliphatic heterocycles. The van der Waals surface area contributed by atoms with Gasteiger partial charge in [0.1, 0.15) is 18.1 Å². The summed E-state index contributed by atoms with van der Waals surface area (Å²) in [5.41, 5.74) is 5.47. The van der Waals surface area contributed by atoms with Gasteiger partial charge in [0.05, 0.1) is 12.6 Å². The van der Waals surface area contributed by atoms with Gasteiger partial charge in [0, 0.05) is 0 Å². The lowest BCUT2D eigenvalue weighted by Gasteiger charge is -2.22. The summed E-state index contributed by atoms with van der Waals surface area (Å²) in [4.78, 5) is 47.6. The predicted octanol–water partition coefficient (Wildman–Crippen LogP) is -1.34. The van der Waals surface area contributed by atoms with Crippen LogP contribution in [0.2, 0.25) is 0 Å². The first-order valence-corrected chi connectivity index (χ1v) is 10.4. The van der Waals surface area contributed by atoms with Gasteiger partial charge in [-0.1, -0.05) is 13.8 Å². The molecule has 0 spiro atoms. The monoisotopic (exact) mass is 420 g/mol. The van der Waals surface area contributed by atoms with Crippen LogP contribution in [0.15, 0.2) is 0 Å². The number of carboxylic acids is 1. The smallest absolute Gasteiger partial charge is 0.326 e. The maximum Gasteiger partial charge on any atom is 0.326 e. The molecule has 0 aromatic heterocycles. The topological polar surface area (TPSA) is 171 Å². The number of nitrogens with two attached hydrogens (primary N) is 1. The zero-order chi connectivity index (χ0) is 21.9. The van der Waals surface area contributed by atoms with Crippen molar-refractivity contribution in [1.29, 1.82) is 0 Å².